The Morgan fingerprint density at radius 2 is 2.07 bits per heavy atom. The maximum Gasteiger partial charge on any atom is 0.250 e. The largest absolute Gasteiger partial charge is 0.495 e. The highest BCUT2D eigenvalue weighted by Gasteiger charge is 2.40. The predicted molar refractivity (Wildman–Crippen MR) is 110 cm³/mol. The van der Waals surface area contributed by atoms with Gasteiger partial charge >= 0.3 is 0 Å². The number of methoxy groups -OCH3 is 1. The van der Waals surface area contributed by atoms with Gasteiger partial charge in [-0.05, 0) is 25.5 Å². The molecule has 3 heterocycles. The first-order valence-corrected chi connectivity index (χ1v) is 9.67. The van der Waals surface area contributed by atoms with Crippen LogP contribution in [-0.2, 0) is 7.05 Å². The van der Waals surface area contributed by atoms with E-state index in [1.54, 1.807) is 39.7 Å². The van der Waals surface area contributed by atoms with Crippen molar-refractivity contribution < 1.29 is 9.47 Å². The van der Waals surface area contributed by atoms with Crippen LogP contribution in [0.25, 0.3) is 11.1 Å². The summed E-state index contributed by atoms with van der Waals surface area (Å²) in [5.74, 6) is 2.49. The Morgan fingerprint density at radius 1 is 1.24 bits per heavy atom. The molecule has 7 nitrogen and oxygen atoms in total. The van der Waals surface area contributed by atoms with E-state index in [1.807, 2.05) is 12.1 Å². The topological polar surface area (TPSA) is 79.1 Å². The van der Waals surface area contributed by atoms with Crippen molar-refractivity contribution >= 4 is 11.6 Å². The molecule has 0 radical (unpaired) electrons. The molecule has 150 valence electrons. The predicted octanol–water partition coefficient (Wildman–Crippen LogP) is 3.39. The van der Waals surface area contributed by atoms with Gasteiger partial charge in [0.15, 0.2) is 0 Å². The number of aryl methyl sites for hydroxylation is 2. The van der Waals surface area contributed by atoms with E-state index in [0.29, 0.717) is 46.3 Å². The molecule has 3 aromatic rings. The first kappa shape index (κ1) is 19.4. The molecule has 2 atom stereocenters. The molecular weight excluding hydrogens is 392 g/mol. The van der Waals surface area contributed by atoms with Crippen molar-refractivity contribution in [3.8, 4) is 22.8 Å². The molecule has 3 aromatic heterocycles. The van der Waals surface area contributed by atoms with Gasteiger partial charge in [-0.15, -0.1) is 0 Å². The van der Waals surface area contributed by atoms with Crippen LogP contribution in [-0.4, -0.2) is 33.2 Å². The zero-order chi connectivity index (χ0) is 20.5. The molecule has 1 fully saturated rings. The van der Waals surface area contributed by atoms with E-state index in [-0.39, 0.29) is 5.56 Å². The Bertz CT molecular complexity index is 1100. The second-order valence-corrected chi connectivity index (χ2v) is 7.56. The van der Waals surface area contributed by atoms with Gasteiger partial charge in [0.05, 0.1) is 30.5 Å². The molecule has 0 spiro atoms. The number of aromatic nitrogens is 4. The fourth-order valence-corrected chi connectivity index (χ4v) is 3.56. The van der Waals surface area contributed by atoms with Crippen LogP contribution in [0.1, 0.15) is 23.9 Å². The maximum atomic E-state index is 12.1. The summed E-state index contributed by atoms with van der Waals surface area (Å²) >= 11 is 6.36. The highest BCUT2D eigenvalue weighted by atomic mass is 35.5. The van der Waals surface area contributed by atoms with Crippen LogP contribution < -0.4 is 15.0 Å². The van der Waals surface area contributed by atoms with Crippen LogP contribution >= 0.6 is 11.6 Å². The lowest BCUT2D eigenvalue weighted by Crippen LogP contribution is -2.15. The van der Waals surface area contributed by atoms with E-state index < -0.39 is 0 Å². The zero-order valence-corrected chi connectivity index (χ0v) is 17.2. The van der Waals surface area contributed by atoms with Crippen molar-refractivity contribution in [3.05, 3.63) is 63.7 Å². The Balaban J connectivity index is 1.52. The van der Waals surface area contributed by atoms with E-state index in [4.69, 9.17) is 21.1 Å². The molecule has 1 saturated carbocycles. The Labute approximate surface area is 173 Å². The van der Waals surface area contributed by atoms with E-state index in [1.165, 1.54) is 10.6 Å². The van der Waals surface area contributed by atoms with Gasteiger partial charge in [-0.25, -0.2) is 4.98 Å². The van der Waals surface area contributed by atoms with Crippen LogP contribution in [0.15, 0.2) is 41.6 Å². The average Bonchev–Trinajstić information content (AvgIpc) is 3.49. The summed E-state index contributed by atoms with van der Waals surface area (Å²) in [4.78, 5) is 25.2. The van der Waals surface area contributed by atoms with Crippen LogP contribution in [0.5, 0.6) is 11.6 Å². The summed E-state index contributed by atoms with van der Waals surface area (Å²) in [6.45, 7) is 2.30. The van der Waals surface area contributed by atoms with E-state index in [2.05, 4.69) is 15.0 Å². The van der Waals surface area contributed by atoms with Crippen LogP contribution in [0, 0.1) is 12.8 Å². The highest BCUT2D eigenvalue weighted by molar-refractivity contribution is 6.33. The lowest BCUT2D eigenvalue weighted by atomic mass is 10.1. The summed E-state index contributed by atoms with van der Waals surface area (Å²) in [6.07, 6.45) is 5.96. The van der Waals surface area contributed by atoms with Crippen molar-refractivity contribution in [1.82, 2.24) is 19.5 Å². The van der Waals surface area contributed by atoms with Crippen LogP contribution in [0.2, 0.25) is 5.02 Å². The molecule has 8 heteroatoms. The second kappa shape index (κ2) is 7.83. The van der Waals surface area contributed by atoms with Gasteiger partial charge in [0.1, 0.15) is 11.6 Å². The minimum absolute atomic E-state index is 0.163. The summed E-state index contributed by atoms with van der Waals surface area (Å²) in [6, 6.07) is 5.38. The van der Waals surface area contributed by atoms with Gasteiger partial charge in [0.25, 0.3) is 5.56 Å². The van der Waals surface area contributed by atoms with Gasteiger partial charge < -0.3 is 14.0 Å². The second-order valence-electron chi connectivity index (χ2n) is 7.16. The Kier molecular flexibility index (Phi) is 5.24. The number of ether oxygens (including phenoxy) is 2. The number of halogens is 1. The minimum Gasteiger partial charge on any atom is -0.495 e. The quantitative estimate of drug-likeness (QED) is 0.617. The summed E-state index contributed by atoms with van der Waals surface area (Å²) in [5.41, 5.74) is 2.05. The third kappa shape index (κ3) is 4.10. The fraction of sp³-hybridized carbons (Fsp3) is 0.333. The zero-order valence-electron chi connectivity index (χ0n) is 16.4. The number of nitrogens with zero attached hydrogens (tertiary/aromatic N) is 4. The summed E-state index contributed by atoms with van der Waals surface area (Å²) in [5, 5.41) is 0.441. The molecule has 1 aliphatic carbocycles. The van der Waals surface area contributed by atoms with Crippen LogP contribution in [0.3, 0.4) is 0 Å². The highest BCUT2D eigenvalue weighted by Crippen LogP contribution is 2.47. The third-order valence-electron chi connectivity index (χ3n) is 5.08. The Morgan fingerprint density at radius 3 is 2.79 bits per heavy atom. The standard InChI is InChI=1S/C21H21ClN4O3/c1-12-23-9-17(16-7-20(27)26(2)10-18(16)22)21(25-12)29-11-13-6-15(13)19-5-4-14(28-3)8-24-19/h4-5,7-10,13,15H,6,11H2,1-3H3. The number of hydrogen-bond donors (Lipinski definition) is 0. The van der Waals surface area contributed by atoms with Crippen molar-refractivity contribution in [3.63, 3.8) is 0 Å². The van der Waals surface area contributed by atoms with E-state index in [9.17, 15) is 4.79 Å². The van der Waals surface area contributed by atoms with Crippen molar-refractivity contribution in [2.24, 2.45) is 13.0 Å². The minimum atomic E-state index is -0.163. The van der Waals surface area contributed by atoms with E-state index >= 15 is 0 Å². The van der Waals surface area contributed by atoms with Crippen molar-refractivity contribution in [1.29, 1.82) is 0 Å². The van der Waals surface area contributed by atoms with Gasteiger partial charge in [0, 0.05) is 48.6 Å². The summed E-state index contributed by atoms with van der Waals surface area (Å²) in [7, 11) is 3.28. The van der Waals surface area contributed by atoms with Crippen molar-refractivity contribution in [2.75, 3.05) is 13.7 Å². The van der Waals surface area contributed by atoms with Gasteiger partial charge in [-0.1, -0.05) is 11.6 Å². The average molecular weight is 413 g/mol. The van der Waals surface area contributed by atoms with Gasteiger partial charge in [0.2, 0.25) is 5.88 Å². The molecule has 1 aliphatic rings. The maximum absolute atomic E-state index is 12.1. The SMILES string of the molecule is COc1ccc(C2CC2COc2nc(C)ncc2-c2cc(=O)n(C)cc2Cl)nc1. The molecule has 4 rings (SSSR count). The molecule has 0 saturated heterocycles. The number of hydrogen-bond acceptors (Lipinski definition) is 6. The third-order valence-corrected chi connectivity index (χ3v) is 5.38. The smallest absolute Gasteiger partial charge is 0.250 e. The molecule has 0 amide bonds. The lowest BCUT2D eigenvalue weighted by molar-refractivity contribution is 0.285. The molecule has 0 N–H and O–H groups in total. The lowest BCUT2D eigenvalue weighted by Gasteiger charge is -2.12. The molecule has 0 aliphatic heterocycles. The molecule has 29 heavy (non-hydrogen) atoms. The first-order chi connectivity index (χ1) is 14.0. The molecule has 0 bridgehead atoms. The molecule has 2 unspecified atom stereocenters. The monoisotopic (exact) mass is 412 g/mol. The first-order valence-electron chi connectivity index (χ1n) is 9.29. The van der Waals surface area contributed by atoms with Gasteiger partial charge in [-0.2, -0.15) is 4.98 Å². The number of rotatable bonds is 6. The normalized spacial score (nSPS) is 17.8. The molecule has 0 aromatic carbocycles. The van der Waals surface area contributed by atoms with Crippen LogP contribution in [0.4, 0.5) is 0 Å². The van der Waals surface area contributed by atoms with Crippen molar-refractivity contribution in [2.45, 2.75) is 19.3 Å². The fourth-order valence-electron chi connectivity index (χ4n) is 3.26. The van der Waals surface area contributed by atoms with E-state index in [0.717, 1.165) is 17.9 Å². The molecular formula is C21H21ClN4O3. The van der Waals surface area contributed by atoms with Gasteiger partial charge in [-0.3, -0.25) is 9.78 Å². The number of pyridine rings is 2. The Hall–Kier alpha value is -2.93. The summed E-state index contributed by atoms with van der Waals surface area (Å²) < 4.78 is 12.6.